The van der Waals surface area contributed by atoms with Crippen molar-refractivity contribution in [1.29, 1.82) is 0 Å². The fourth-order valence-corrected chi connectivity index (χ4v) is 1.95. The van der Waals surface area contributed by atoms with Crippen molar-refractivity contribution in [1.82, 2.24) is 0 Å². The van der Waals surface area contributed by atoms with E-state index in [0.717, 1.165) is 0 Å². The number of ether oxygens (including phenoxy) is 3. The number of rotatable bonds is 10. The van der Waals surface area contributed by atoms with Gasteiger partial charge in [0.1, 0.15) is 36.9 Å². The highest BCUT2D eigenvalue weighted by Gasteiger charge is 2.10. The van der Waals surface area contributed by atoms with Crippen LogP contribution in [0.3, 0.4) is 0 Å². The molecular weight excluding hydrogens is 360 g/mol. The van der Waals surface area contributed by atoms with Crippen LogP contribution in [0.4, 0.5) is 11.4 Å². The van der Waals surface area contributed by atoms with E-state index in [9.17, 15) is 10.2 Å². The maximum atomic E-state index is 9.81. The highest BCUT2D eigenvalue weighted by Crippen LogP contribution is 2.14. The molecule has 6 N–H and O–H groups in total. The highest BCUT2D eigenvalue weighted by atomic mass is 35.5. The summed E-state index contributed by atoms with van der Waals surface area (Å²) in [6, 6.07) is 13.8. The van der Waals surface area contributed by atoms with Gasteiger partial charge in [-0.2, -0.15) is 0 Å². The van der Waals surface area contributed by atoms with Crippen LogP contribution in [-0.4, -0.2) is 48.8 Å². The number of anilines is 2. The van der Waals surface area contributed by atoms with Gasteiger partial charge in [-0.25, -0.2) is 0 Å². The van der Waals surface area contributed by atoms with Gasteiger partial charge in [0.25, 0.3) is 0 Å². The summed E-state index contributed by atoms with van der Waals surface area (Å²) in [6.07, 6.45) is -1.61. The third kappa shape index (κ3) is 8.26. The van der Waals surface area contributed by atoms with Gasteiger partial charge in [-0.05, 0) is 48.5 Å². The molecule has 144 valence electrons. The number of halogens is 1. The normalized spacial score (nSPS) is 12.7. The Balaban J connectivity index is 0.00000338. The van der Waals surface area contributed by atoms with Crippen LogP contribution in [0.5, 0.6) is 11.5 Å². The molecule has 2 atom stereocenters. The topological polar surface area (TPSA) is 120 Å². The van der Waals surface area contributed by atoms with E-state index < -0.39 is 12.2 Å². The molecule has 8 heteroatoms. The molecule has 26 heavy (non-hydrogen) atoms. The van der Waals surface area contributed by atoms with Gasteiger partial charge in [0.2, 0.25) is 0 Å². The lowest BCUT2D eigenvalue weighted by molar-refractivity contribution is -0.0308. The van der Waals surface area contributed by atoms with E-state index in [2.05, 4.69) is 0 Å². The maximum Gasteiger partial charge on any atom is 0.119 e. The van der Waals surface area contributed by atoms with E-state index in [-0.39, 0.29) is 38.8 Å². The largest absolute Gasteiger partial charge is 0.491 e. The van der Waals surface area contributed by atoms with Crippen molar-refractivity contribution in [3.63, 3.8) is 0 Å². The third-order valence-corrected chi connectivity index (χ3v) is 3.27. The predicted molar refractivity (Wildman–Crippen MR) is 103 cm³/mol. The number of benzene rings is 2. The van der Waals surface area contributed by atoms with Crippen LogP contribution in [-0.2, 0) is 4.74 Å². The van der Waals surface area contributed by atoms with Crippen molar-refractivity contribution in [2.75, 3.05) is 37.9 Å². The molecule has 0 spiro atoms. The molecule has 0 radical (unpaired) electrons. The second-order valence-electron chi connectivity index (χ2n) is 5.61. The van der Waals surface area contributed by atoms with Gasteiger partial charge >= 0.3 is 0 Å². The van der Waals surface area contributed by atoms with Gasteiger partial charge < -0.3 is 35.9 Å². The van der Waals surface area contributed by atoms with Gasteiger partial charge in [-0.1, -0.05) is 0 Å². The SMILES string of the molecule is Cl.Nc1ccc(OCC(O)COCC(O)COc2ccc(N)cc2)cc1. The number of nitrogen functional groups attached to an aromatic ring is 2. The Morgan fingerprint density at radius 1 is 0.654 bits per heavy atom. The Kier molecular flexibility index (Phi) is 9.61. The van der Waals surface area contributed by atoms with E-state index in [1.165, 1.54) is 0 Å². The second kappa shape index (κ2) is 11.4. The first-order valence-electron chi connectivity index (χ1n) is 7.93. The zero-order chi connectivity index (χ0) is 18.1. The minimum absolute atomic E-state index is 0. The first kappa shape index (κ1) is 21.9. The zero-order valence-corrected chi connectivity index (χ0v) is 15.1. The molecule has 0 saturated heterocycles. The maximum absolute atomic E-state index is 9.81. The monoisotopic (exact) mass is 384 g/mol. The lowest BCUT2D eigenvalue weighted by Crippen LogP contribution is -2.28. The Hall–Kier alpha value is -2.19. The van der Waals surface area contributed by atoms with Gasteiger partial charge in [0.15, 0.2) is 0 Å². The van der Waals surface area contributed by atoms with E-state index in [1.807, 2.05) is 0 Å². The van der Waals surface area contributed by atoms with Crippen LogP contribution in [0.25, 0.3) is 0 Å². The van der Waals surface area contributed by atoms with Crippen LogP contribution >= 0.6 is 12.4 Å². The average molecular weight is 385 g/mol. The van der Waals surface area contributed by atoms with E-state index in [4.69, 9.17) is 25.7 Å². The van der Waals surface area contributed by atoms with E-state index in [1.54, 1.807) is 48.5 Å². The molecule has 2 rings (SSSR count). The second-order valence-corrected chi connectivity index (χ2v) is 5.61. The third-order valence-electron chi connectivity index (χ3n) is 3.27. The van der Waals surface area contributed by atoms with Gasteiger partial charge in [-0.15, -0.1) is 12.4 Å². The van der Waals surface area contributed by atoms with Crippen LogP contribution < -0.4 is 20.9 Å². The summed E-state index contributed by atoms with van der Waals surface area (Å²) in [6.45, 7) is 0.270. The molecule has 0 fully saturated rings. The summed E-state index contributed by atoms with van der Waals surface area (Å²) in [4.78, 5) is 0. The average Bonchev–Trinajstić information content (AvgIpc) is 2.61. The number of aliphatic hydroxyl groups excluding tert-OH is 2. The quantitative estimate of drug-likeness (QED) is 0.458. The number of hydrogen-bond acceptors (Lipinski definition) is 7. The van der Waals surface area contributed by atoms with Crippen LogP contribution in [0.1, 0.15) is 0 Å². The summed E-state index contributed by atoms with van der Waals surface area (Å²) in [7, 11) is 0. The fraction of sp³-hybridized carbons (Fsp3) is 0.333. The smallest absolute Gasteiger partial charge is 0.119 e. The highest BCUT2D eigenvalue weighted by molar-refractivity contribution is 5.85. The van der Waals surface area contributed by atoms with Crippen molar-refractivity contribution in [3.05, 3.63) is 48.5 Å². The van der Waals surface area contributed by atoms with Gasteiger partial charge in [-0.3, -0.25) is 0 Å². The van der Waals surface area contributed by atoms with Gasteiger partial charge in [0.05, 0.1) is 13.2 Å². The number of hydrogen-bond donors (Lipinski definition) is 4. The summed E-state index contributed by atoms with van der Waals surface area (Å²) < 4.78 is 16.1. The van der Waals surface area contributed by atoms with Crippen molar-refractivity contribution in [3.8, 4) is 11.5 Å². The molecule has 2 aromatic rings. The Morgan fingerprint density at radius 3 is 1.35 bits per heavy atom. The minimum atomic E-state index is -0.803. The Bertz CT molecular complexity index is 569. The standard InChI is InChI=1S/C18H24N2O5.ClH/c19-13-1-5-17(6-2-13)24-11-15(21)9-23-10-16(22)12-25-18-7-3-14(20)4-8-18;/h1-8,15-16,21-22H,9-12,19-20H2;1H. The van der Waals surface area contributed by atoms with Crippen molar-refractivity contribution in [2.24, 2.45) is 0 Å². The fourth-order valence-electron chi connectivity index (χ4n) is 1.95. The summed E-state index contributed by atoms with van der Waals surface area (Å²) >= 11 is 0. The molecule has 2 unspecified atom stereocenters. The van der Waals surface area contributed by atoms with Crippen molar-refractivity contribution < 1.29 is 24.4 Å². The lowest BCUT2D eigenvalue weighted by atomic mass is 10.3. The first-order chi connectivity index (χ1) is 12.0. The van der Waals surface area contributed by atoms with Crippen molar-refractivity contribution >= 4 is 23.8 Å². The molecular formula is C18H25ClN2O5. The first-order valence-corrected chi connectivity index (χ1v) is 7.93. The lowest BCUT2D eigenvalue weighted by Gasteiger charge is -2.15. The molecule has 0 bridgehead atoms. The zero-order valence-electron chi connectivity index (χ0n) is 14.3. The van der Waals surface area contributed by atoms with Crippen LogP contribution in [0.15, 0.2) is 48.5 Å². The molecule has 0 amide bonds. The Morgan fingerprint density at radius 2 is 1.00 bits per heavy atom. The Labute approximate surface area is 158 Å². The number of nitrogens with two attached hydrogens (primary N) is 2. The van der Waals surface area contributed by atoms with Crippen LogP contribution in [0, 0.1) is 0 Å². The summed E-state index contributed by atoms with van der Waals surface area (Å²) in [5.41, 5.74) is 12.5. The molecule has 0 heterocycles. The molecule has 7 nitrogen and oxygen atoms in total. The predicted octanol–water partition coefficient (Wildman–Crippen LogP) is 1.47. The van der Waals surface area contributed by atoms with Gasteiger partial charge in [0, 0.05) is 11.4 Å². The van der Waals surface area contributed by atoms with Crippen LogP contribution in [0.2, 0.25) is 0 Å². The molecule has 0 saturated carbocycles. The molecule has 0 aromatic heterocycles. The van der Waals surface area contributed by atoms with E-state index in [0.29, 0.717) is 22.9 Å². The molecule has 0 aliphatic carbocycles. The number of aliphatic hydroxyl groups is 2. The summed E-state index contributed by atoms with van der Waals surface area (Å²) in [5.74, 6) is 1.23. The molecule has 0 aliphatic heterocycles. The van der Waals surface area contributed by atoms with E-state index >= 15 is 0 Å². The molecule has 2 aromatic carbocycles. The summed E-state index contributed by atoms with van der Waals surface area (Å²) in [5, 5.41) is 19.6. The minimum Gasteiger partial charge on any atom is -0.491 e. The van der Waals surface area contributed by atoms with Crippen molar-refractivity contribution in [2.45, 2.75) is 12.2 Å². The molecule has 0 aliphatic rings.